The Bertz CT molecular complexity index is 1020. The Kier molecular flexibility index (Phi) is 4.36. The maximum atomic E-state index is 11.0. The van der Waals surface area contributed by atoms with Gasteiger partial charge in [0.05, 0.1) is 11.3 Å². The molecule has 0 saturated carbocycles. The predicted octanol–water partition coefficient (Wildman–Crippen LogP) is 3.67. The minimum atomic E-state index is -1.05. The van der Waals surface area contributed by atoms with Crippen molar-refractivity contribution in [3.05, 3.63) is 70.6 Å². The van der Waals surface area contributed by atoms with Gasteiger partial charge in [0.2, 0.25) is 0 Å². The Labute approximate surface area is 145 Å². The summed E-state index contributed by atoms with van der Waals surface area (Å²) in [6.07, 6.45) is 2.53. The first-order valence-corrected chi connectivity index (χ1v) is 7.86. The number of aromatic nitrogens is 2. The SMILES string of the molecule is Cc1cc(C)c2c(C#N)c(/C=C/C(=O)O)n(Cc3ccccc3)c2n1. The van der Waals surface area contributed by atoms with Gasteiger partial charge < -0.3 is 9.67 Å². The van der Waals surface area contributed by atoms with E-state index in [4.69, 9.17) is 5.11 Å². The summed E-state index contributed by atoms with van der Waals surface area (Å²) in [7, 11) is 0. The molecule has 0 amide bonds. The molecular formula is C20H17N3O2. The van der Waals surface area contributed by atoms with Gasteiger partial charge in [-0.2, -0.15) is 5.26 Å². The Morgan fingerprint density at radius 3 is 2.68 bits per heavy atom. The molecule has 0 atom stereocenters. The molecule has 1 N–H and O–H groups in total. The van der Waals surface area contributed by atoms with E-state index < -0.39 is 5.97 Å². The average Bonchev–Trinajstić information content (AvgIpc) is 2.87. The van der Waals surface area contributed by atoms with Gasteiger partial charge in [0.25, 0.3) is 0 Å². The Morgan fingerprint density at radius 1 is 1.32 bits per heavy atom. The minimum Gasteiger partial charge on any atom is -0.478 e. The van der Waals surface area contributed by atoms with Crippen molar-refractivity contribution in [3.63, 3.8) is 0 Å². The molecule has 0 aliphatic carbocycles. The molecule has 3 aromatic rings. The molecule has 0 aliphatic rings. The third-order valence-electron chi connectivity index (χ3n) is 4.06. The van der Waals surface area contributed by atoms with Crippen molar-refractivity contribution in [1.82, 2.24) is 9.55 Å². The van der Waals surface area contributed by atoms with Crippen LogP contribution in [-0.4, -0.2) is 20.6 Å². The molecule has 0 aliphatic heterocycles. The number of nitriles is 1. The molecule has 1 aromatic carbocycles. The van der Waals surface area contributed by atoms with Crippen LogP contribution in [0.2, 0.25) is 0 Å². The zero-order chi connectivity index (χ0) is 18.0. The van der Waals surface area contributed by atoms with Crippen molar-refractivity contribution in [1.29, 1.82) is 5.26 Å². The van der Waals surface area contributed by atoms with Gasteiger partial charge >= 0.3 is 5.97 Å². The van der Waals surface area contributed by atoms with Crippen LogP contribution in [0.5, 0.6) is 0 Å². The van der Waals surface area contributed by atoms with Crippen LogP contribution in [0.1, 0.15) is 28.1 Å². The van der Waals surface area contributed by atoms with Crippen LogP contribution in [0.3, 0.4) is 0 Å². The number of hydrogen-bond donors (Lipinski definition) is 1. The molecule has 124 valence electrons. The van der Waals surface area contributed by atoms with Crippen LogP contribution in [-0.2, 0) is 11.3 Å². The molecule has 0 spiro atoms. The summed E-state index contributed by atoms with van der Waals surface area (Å²) in [6.45, 7) is 4.36. The lowest BCUT2D eigenvalue weighted by Gasteiger charge is -2.09. The van der Waals surface area contributed by atoms with Crippen molar-refractivity contribution in [3.8, 4) is 6.07 Å². The van der Waals surface area contributed by atoms with Gasteiger partial charge in [-0.25, -0.2) is 9.78 Å². The van der Waals surface area contributed by atoms with Crippen LogP contribution < -0.4 is 0 Å². The number of aryl methyl sites for hydroxylation is 2. The summed E-state index contributed by atoms with van der Waals surface area (Å²) >= 11 is 0. The standard InChI is InChI=1S/C20H17N3O2/c1-13-10-14(2)22-20-19(13)16(11-21)17(8-9-18(24)25)23(20)12-15-6-4-3-5-7-15/h3-10H,12H2,1-2H3,(H,24,25)/b9-8+. The first kappa shape index (κ1) is 16.5. The number of carboxylic acid groups (broad SMARTS) is 1. The summed E-state index contributed by atoms with van der Waals surface area (Å²) in [6, 6.07) is 14.0. The fraction of sp³-hybridized carbons (Fsp3) is 0.150. The number of fused-ring (bicyclic) bond motifs is 1. The monoisotopic (exact) mass is 331 g/mol. The highest BCUT2D eigenvalue weighted by Gasteiger charge is 2.19. The fourth-order valence-electron chi connectivity index (χ4n) is 3.06. The molecule has 5 heteroatoms. The second-order valence-corrected chi connectivity index (χ2v) is 5.89. The Morgan fingerprint density at radius 2 is 2.04 bits per heavy atom. The minimum absolute atomic E-state index is 0.452. The van der Waals surface area contributed by atoms with Crippen LogP contribution in [0.15, 0.2) is 42.5 Å². The number of carboxylic acids is 1. The van der Waals surface area contributed by atoms with E-state index in [0.717, 1.165) is 28.3 Å². The van der Waals surface area contributed by atoms with Crippen LogP contribution in [0.4, 0.5) is 0 Å². The van der Waals surface area contributed by atoms with Gasteiger partial charge in [0, 0.05) is 23.7 Å². The molecule has 5 nitrogen and oxygen atoms in total. The van der Waals surface area contributed by atoms with E-state index in [1.54, 1.807) is 0 Å². The lowest BCUT2D eigenvalue weighted by Crippen LogP contribution is -2.04. The average molecular weight is 331 g/mol. The first-order chi connectivity index (χ1) is 12.0. The van der Waals surface area contributed by atoms with Crippen molar-refractivity contribution < 1.29 is 9.90 Å². The van der Waals surface area contributed by atoms with Crippen LogP contribution in [0, 0.1) is 25.2 Å². The number of carbonyl (C=O) groups is 1. The van der Waals surface area contributed by atoms with Crippen molar-refractivity contribution in [2.75, 3.05) is 0 Å². The summed E-state index contributed by atoms with van der Waals surface area (Å²) in [4.78, 5) is 15.6. The Balaban J connectivity index is 2.33. The number of rotatable bonds is 4. The lowest BCUT2D eigenvalue weighted by atomic mass is 10.1. The van der Waals surface area contributed by atoms with Gasteiger partial charge in [-0.3, -0.25) is 0 Å². The summed E-state index contributed by atoms with van der Waals surface area (Å²) in [5, 5.41) is 19.5. The van der Waals surface area contributed by atoms with Gasteiger partial charge in [0.1, 0.15) is 11.7 Å². The molecular weight excluding hydrogens is 314 g/mol. The molecule has 0 saturated heterocycles. The predicted molar refractivity (Wildman–Crippen MR) is 96.1 cm³/mol. The quantitative estimate of drug-likeness (QED) is 0.740. The number of nitrogens with zero attached hydrogens (tertiary/aromatic N) is 3. The maximum absolute atomic E-state index is 11.0. The Hall–Kier alpha value is -3.39. The summed E-state index contributed by atoms with van der Waals surface area (Å²) in [5.74, 6) is -1.05. The summed E-state index contributed by atoms with van der Waals surface area (Å²) < 4.78 is 1.91. The highest BCUT2D eigenvalue weighted by Crippen LogP contribution is 2.29. The van der Waals surface area contributed by atoms with E-state index in [-0.39, 0.29) is 0 Å². The zero-order valence-electron chi connectivity index (χ0n) is 14.0. The van der Waals surface area contributed by atoms with E-state index in [9.17, 15) is 10.1 Å². The molecule has 2 heterocycles. The highest BCUT2D eigenvalue weighted by atomic mass is 16.4. The van der Waals surface area contributed by atoms with E-state index in [2.05, 4.69) is 11.1 Å². The number of pyridine rings is 1. The molecule has 25 heavy (non-hydrogen) atoms. The molecule has 2 aromatic heterocycles. The molecule has 0 fully saturated rings. The van der Waals surface area contributed by atoms with Gasteiger partial charge in [-0.1, -0.05) is 30.3 Å². The topological polar surface area (TPSA) is 78.9 Å². The third kappa shape index (κ3) is 3.15. The van der Waals surface area contributed by atoms with E-state index in [0.29, 0.717) is 23.4 Å². The van der Waals surface area contributed by atoms with Crippen molar-refractivity contribution in [2.45, 2.75) is 20.4 Å². The van der Waals surface area contributed by atoms with Crippen molar-refractivity contribution >= 4 is 23.1 Å². The first-order valence-electron chi connectivity index (χ1n) is 7.86. The third-order valence-corrected chi connectivity index (χ3v) is 4.06. The zero-order valence-corrected chi connectivity index (χ0v) is 14.0. The number of benzene rings is 1. The van der Waals surface area contributed by atoms with E-state index >= 15 is 0 Å². The largest absolute Gasteiger partial charge is 0.478 e. The maximum Gasteiger partial charge on any atom is 0.328 e. The van der Waals surface area contributed by atoms with E-state index in [1.807, 2.05) is 54.8 Å². The molecule has 3 rings (SSSR count). The number of aliphatic carboxylic acids is 1. The molecule has 0 radical (unpaired) electrons. The van der Waals surface area contributed by atoms with Gasteiger partial charge in [-0.15, -0.1) is 0 Å². The normalized spacial score (nSPS) is 11.1. The van der Waals surface area contributed by atoms with Crippen molar-refractivity contribution in [2.24, 2.45) is 0 Å². The van der Waals surface area contributed by atoms with Crippen LogP contribution >= 0.6 is 0 Å². The second-order valence-electron chi connectivity index (χ2n) is 5.89. The summed E-state index contributed by atoms with van der Waals surface area (Å²) in [5.41, 5.74) is 4.57. The molecule has 0 bridgehead atoms. The molecule has 0 unspecified atom stereocenters. The van der Waals surface area contributed by atoms with Gasteiger partial charge in [0.15, 0.2) is 0 Å². The van der Waals surface area contributed by atoms with E-state index in [1.165, 1.54) is 6.08 Å². The van der Waals surface area contributed by atoms with Crippen LogP contribution in [0.25, 0.3) is 17.1 Å². The smallest absolute Gasteiger partial charge is 0.328 e. The number of hydrogen-bond acceptors (Lipinski definition) is 3. The second kappa shape index (κ2) is 6.62. The highest BCUT2D eigenvalue weighted by molar-refractivity contribution is 5.93. The van der Waals surface area contributed by atoms with Gasteiger partial charge in [-0.05, 0) is 37.1 Å². The fourth-order valence-corrected chi connectivity index (χ4v) is 3.06. The lowest BCUT2D eigenvalue weighted by molar-refractivity contribution is -0.131.